The molecule has 0 saturated carbocycles. The number of aliphatic hydroxyl groups is 1. The molecule has 2 aromatic heterocycles. The molecule has 0 radical (unpaired) electrons. The summed E-state index contributed by atoms with van der Waals surface area (Å²) in [4.78, 5) is 23.4. The van der Waals surface area contributed by atoms with Crippen molar-refractivity contribution in [2.45, 2.75) is 43.2 Å². The molecular weight excluding hydrogens is 565 g/mol. The monoisotopic (exact) mass is 595 g/mol. The van der Waals surface area contributed by atoms with E-state index in [1.807, 2.05) is 0 Å². The van der Waals surface area contributed by atoms with Crippen molar-refractivity contribution < 1.29 is 33.0 Å². The van der Waals surface area contributed by atoms with Crippen molar-refractivity contribution in [2.24, 2.45) is 0 Å². The van der Waals surface area contributed by atoms with E-state index in [2.05, 4.69) is 31.9 Å². The minimum absolute atomic E-state index is 0.0170. The Morgan fingerprint density at radius 1 is 1.40 bits per heavy atom. The lowest BCUT2D eigenvalue weighted by molar-refractivity contribution is -0.144. The Morgan fingerprint density at radius 2 is 2.12 bits per heavy atom. The minimum Gasteiger partial charge on any atom is -0.465 e. The van der Waals surface area contributed by atoms with Crippen LogP contribution < -0.4 is 20.7 Å². The molecule has 40 heavy (non-hydrogen) atoms. The number of carbonyl (C=O) groups excluding carboxylic acids is 1. The Balaban J connectivity index is 1.60. The van der Waals surface area contributed by atoms with E-state index in [1.165, 1.54) is 23.9 Å². The molecule has 6 atom stereocenters. The van der Waals surface area contributed by atoms with Gasteiger partial charge in [-0.25, -0.2) is 9.55 Å². The van der Waals surface area contributed by atoms with E-state index in [1.54, 1.807) is 44.3 Å². The molecule has 1 fully saturated rings. The average molecular weight is 596 g/mol. The topological polar surface area (TPSA) is 185 Å². The first kappa shape index (κ1) is 29.7. The molecule has 1 aliphatic rings. The number of aliphatic hydroxyl groups excluding tert-OH is 1. The molecule has 1 saturated heterocycles. The third-order valence-corrected chi connectivity index (χ3v) is 8.31. The van der Waals surface area contributed by atoms with Gasteiger partial charge in [-0.15, -0.1) is 18.2 Å². The van der Waals surface area contributed by atoms with Crippen LogP contribution in [0.2, 0.25) is 0 Å². The maximum atomic E-state index is 13.8. The number of halogens is 1. The quantitative estimate of drug-likeness (QED) is 0.104. The Labute approximate surface area is 235 Å². The lowest BCUT2D eigenvalue weighted by Gasteiger charge is -2.27. The van der Waals surface area contributed by atoms with E-state index in [0.29, 0.717) is 17.0 Å². The van der Waals surface area contributed by atoms with Crippen molar-refractivity contribution in [1.29, 1.82) is 0 Å². The third-order valence-electron chi connectivity index (χ3n) is 6.10. The highest BCUT2D eigenvalue weighted by atomic mass is 35.5. The molecule has 1 aromatic carbocycles. The summed E-state index contributed by atoms with van der Waals surface area (Å²) in [6.45, 7) is 6.57. The molecule has 0 unspecified atom stereocenters. The summed E-state index contributed by atoms with van der Waals surface area (Å²) in [5, 5.41) is 16.7. The van der Waals surface area contributed by atoms with Crippen LogP contribution in [0.5, 0.6) is 5.75 Å². The molecule has 216 valence electrons. The van der Waals surface area contributed by atoms with Crippen molar-refractivity contribution in [3.63, 3.8) is 0 Å². The number of alkyl halides is 1. The fraction of sp³-hybridized carbons (Fsp3) is 0.417. The molecule has 5 N–H and O–H groups in total. The highest BCUT2D eigenvalue weighted by molar-refractivity contribution is 7.52. The van der Waals surface area contributed by atoms with Gasteiger partial charge in [0.05, 0.1) is 19.5 Å². The fourth-order valence-electron chi connectivity index (χ4n) is 4.12. The standard InChI is InChI=1S/C24H31ClN7O7P/c1-5-24(25)18(33)16(38-22(24)32-13-28-17-19(27-4)29-23(26)30-20(17)32)12-37-40(35,31-14(3)21(34)36-6-2)39-15-10-8-7-9-11-15/h5,7-11,13-14,16,18,22,33H,1,6,12H2,2-4H3,(H,31,35)(H3,26,27,29,30)/t14-,16-,18-,22-,24-,40-/m1/s1. The number of imidazole rings is 1. The van der Waals surface area contributed by atoms with Crippen molar-refractivity contribution in [2.75, 3.05) is 31.3 Å². The number of rotatable bonds is 12. The Hall–Kier alpha value is -3.26. The third kappa shape index (κ3) is 5.92. The Morgan fingerprint density at radius 3 is 2.77 bits per heavy atom. The second-order valence-electron chi connectivity index (χ2n) is 8.81. The zero-order valence-electron chi connectivity index (χ0n) is 22.1. The largest absolute Gasteiger partial charge is 0.465 e. The van der Waals surface area contributed by atoms with E-state index in [0.717, 1.165) is 0 Å². The van der Waals surface area contributed by atoms with Crippen LogP contribution in [0.4, 0.5) is 11.8 Å². The van der Waals surface area contributed by atoms with E-state index >= 15 is 0 Å². The highest BCUT2D eigenvalue weighted by Crippen LogP contribution is 2.49. The molecule has 1 aliphatic heterocycles. The van der Waals surface area contributed by atoms with Crippen LogP contribution in [-0.2, 0) is 23.4 Å². The van der Waals surface area contributed by atoms with Gasteiger partial charge in [0.15, 0.2) is 23.2 Å². The minimum atomic E-state index is -4.22. The predicted octanol–water partition coefficient (Wildman–Crippen LogP) is 2.62. The van der Waals surface area contributed by atoms with Crippen molar-refractivity contribution >= 4 is 48.2 Å². The number of ether oxygens (including phenoxy) is 2. The van der Waals surface area contributed by atoms with Gasteiger partial charge in [0.2, 0.25) is 5.95 Å². The fourth-order valence-corrected chi connectivity index (χ4v) is 5.92. The summed E-state index contributed by atoms with van der Waals surface area (Å²) in [6.07, 6.45) is -0.814. The van der Waals surface area contributed by atoms with Gasteiger partial charge in [-0.1, -0.05) is 24.3 Å². The van der Waals surface area contributed by atoms with Gasteiger partial charge >= 0.3 is 13.7 Å². The number of nitrogen functional groups attached to an aromatic ring is 1. The van der Waals surface area contributed by atoms with Gasteiger partial charge in [0, 0.05) is 7.05 Å². The summed E-state index contributed by atoms with van der Waals surface area (Å²) in [7, 11) is -2.56. The molecule has 14 nitrogen and oxygen atoms in total. The predicted molar refractivity (Wildman–Crippen MR) is 148 cm³/mol. The molecule has 0 bridgehead atoms. The maximum absolute atomic E-state index is 13.8. The first-order valence-corrected chi connectivity index (χ1v) is 14.2. The van der Waals surface area contributed by atoms with Gasteiger partial charge in [-0.3, -0.25) is 13.9 Å². The van der Waals surface area contributed by atoms with Gasteiger partial charge in [0.1, 0.15) is 28.9 Å². The van der Waals surface area contributed by atoms with E-state index < -0.39 is 49.7 Å². The average Bonchev–Trinajstić information content (AvgIpc) is 3.46. The highest BCUT2D eigenvalue weighted by Gasteiger charge is 2.55. The van der Waals surface area contributed by atoms with Crippen LogP contribution in [0.1, 0.15) is 20.1 Å². The number of esters is 1. The number of carbonyl (C=O) groups is 1. The molecule has 4 rings (SSSR count). The molecule has 0 spiro atoms. The molecule has 3 heterocycles. The summed E-state index contributed by atoms with van der Waals surface area (Å²) in [5.74, 6) is -0.0582. The number of benzene rings is 1. The summed E-state index contributed by atoms with van der Waals surface area (Å²) < 4.78 is 37.7. The number of aromatic nitrogens is 4. The first-order chi connectivity index (χ1) is 19.0. The van der Waals surface area contributed by atoms with Gasteiger partial charge in [-0.05, 0) is 26.0 Å². The second kappa shape index (κ2) is 12.1. The van der Waals surface area contributed by atoms with Crippen LogP contribution in [0.3, 0.4) is 0 Å². The van der Waals surface area contributed by atoms with E-state index in [4.69, 9.17) is 35.9 Å². The number of nitrogens with one attached hydrogen (secondary N) is 2. The number of fused-ring (bicyclic) bond motifs is 1. The van der Waals surface area contributed by atoms with E-state index in [9.17, 15) is 14.5 Å². The van der Waals surface area contributed by atoms with Crippen molar-refractivity contribution in [3.8, 4) is 5.75 Å². The Bertz CT molecular complexity index is 1410. The number of anilines is 2. The van der Waals surface area contributed by atoms with Crippen molar-refractivity contribution in [1.82, 2.24) is 24.6 Å². The van der Waals surface area contributed by atoms with Crippen molar-refractivity contribution in [3.05, 3.63) is 49.3 Å². The Kier molecular flexibility index (Phi) is 8.98. The summed E-state index contributed by atoms with van der Waals surface area (Å²) in [6, 6.07) is 7.22. The van der Waals surface area contributed by atoms with Gasteiger partial charge in [-0.2, -0.15) is 15.1 Å². The number of hydrogen-bond acceptors (Lipinski definition) is 12. The zero-order chi connectivity index (χ0) is 29.1. The lowest BCUT2D eigenvalue weighted by Crippen LogP contribution is -2.41. The van der Waals surface area contributed by atoms with Gasteiger partial charge < -0.3 is 30.2 Å². The molecular formula is C24H31ClN7O7P. The number of para-hydroxylation sites is 1. The molecule has 0 aliphatic carbocycles. The normalized spacial score (nSPS) is 24.8. The zero-order valence-corrected chi connectivity index (χ0v) is 23.7. The van der Waals surface area contributed by atoms with Crippen LogP contribution in [0.15, 0.2) is 49.3 Å². The number of hydrogen-bond donors (Lipinski definition) is 4. The smallest absolute Gasteiger partial charge is 0.459 e. The maximum Gasteiger partial charge on any atom is 0.459 e. The molecule has 3 aromatic rings. The number of nitrogens with two attached hydrogens (primary N) is 1. The molecule has 16 heteroatoms. The van der Waals surface area contributed by atoms with Crippen LogP contribution in [-0.4, -0.2) is 74.0 Å². The summed E-state index contributed by atoms with van der Waals surface area (Å²) >= 11 is 6.85. The SMILES string of the molecule is C=C[C@@]1(Cl)[C@H](O)[C@@H](CO[P@](=O)(N[C@H](C)C(=O)OCC)Oc2ccccc2)O[C@H]1n1cnc2c(NC)nc(N)nc21. The number of nitrogens with zero attached hydrogens (tertiary/aromatic N) is 4. The first-order valence-electron chi connectivity index (χ1n) is 12.3. The molecule has 0 amide bonds. The summed E-state index contributed by atoms with van der Waals surface area (Å²) in [5.41, 5.74) is 6.56. The van der Waals surface area contributed by atoms with E-state index in [-0.39, 0.29) is 18.3 Å². The lowest BCUT2D eigenvalue weighted by atomic mass is 9.99. The van der Waals surface area contributed by atoms with Crippen LogP contribution in [0.25, 0.3) is 11.2 Å². The van der Waals surface area contributed by atoms with Crippen LogP contribution >= 0.6 is 19.3 Å². The van der Waals surface area contributed by atoms with Gasteiger partial charge in [0.25, 0.3) is 0 Å². The van der Waals surface area contributed by atoms with Crippen LogP contribution in [0, 0.1) is 0 Å². The second-order valence-corrected chi connectivity index (χ2v) is 11.2.